The Kier molecular flexibility index (Phi) is 5.51. The van der Waals surface area contributed by atoms with Crippen molar-refractivity contribution < 1.29 is 9.47 Å². The summed E-state index contributed by atoms with van der Waals surface area (Å²) in [5.74, 6) is 0.855. The molecule has 82 valence electrons. The molecule has 0 aliphatic rings. The van der Waals surface area contributed by atoms with E-state index in [0.717, 1.165) is 11.3 Å². The molecular weight excluding hydrogens is 190 g/mol. The summed E-state index contributed by atoms with van der Waals surface area (Å²) in [6, 6.07) is 7.84. The van der Waals surface area contributed by atoms with E-state index in [-0.39, 0.29) is 0 Å². The molecule has 0 bridgehead atoms. The van der Waals surface area contributed by atoms with Crippen LogP contribution in [0, 0.1) is 0 Å². The van der Waals surface area contributed by atoms with Gasteiger partial charge in [-0.2, -0.15) is 0 Å². The molecule has 0 fully saturated rings. The van der Waals surface area contributed by atoms with E-state index in [1.807, 2.05) is 36.4 Å². The van der Waals surface area contributed by atoms with Crippen LogP contribution < -0.4 is 10.5 Å². The van der Waals surface area contributed by atoms with E-state index in [1.54, 1.807) is 7.11 Å². The third kappa shape index (κ3) is 4.63. The Balaban J connectivity index is 2.33. The average molecular weight is 207 g/mol. The van der Waals surface area contributed by atoms with Gasteiger partial charge in [-0.05, 0) is 17.7 Å². The summed E-state index contributed by atoms with van der Waals surface area (Å²) < 4.78 is 10.5. The maximum absolute atomic E-state index is 5.42. The van der Waals surface area contributed by atoms with Crippen LogP contribution in [0.2, 0.25) is 0 Å². The van der Waals surface area contributed by atoms with Gasteiger partial charge in [0, 0.05) is 6.54 Å². The second-order valence-electron chi connectivity index (χ2n) is 3.07. The molecule has 0 atom stereocenters. The van der Waals surface area contributed by atoms with Gasteiger partial charge in [0.05, 0.1) is 20.3 Å². The number of hydrogen-bond acceptors (Lipinski definition) is 3. The van der Waals surface area contributed by atoms with Crippen molar-refractivity contribution in [3.05, 3.63) is 42.0 Å². The van der Waals surface area contributed by atoms with Crippen molar-refractivity contribution in [2.24, 2.45) is 5.73 Å². The van der Waals surface area contributed by atoms with Crippen LogP contribution in [0.1, 0.15) is 5.56 Å². The number of hydrogen-bond donors (Lipinski definition) is 1. The minimum absolute atomic E-state index is 0.558. The van der Waals surface area contributed by atoms with Crippen LogP contribution in [-0.4, -0.2) is 20.3 Å². The Morgan fingerprint density at radius 2 is 2.20 bits per heavy atom. The first kappa shape index (κ1) is 11.8. The number of benzene rings is 1. The van der Waals surface area contributed by atoms with Gasteiger partial charge in [-0.15, -0.1) is 0 Å². The molecule has 0 saturated carbocycles. The summed E-state index contributed by atoms with van der Waals surface area (Å²) >= 11 is 0. The summed E-state index contributed by atoms with van der Waals surface area (Å²) in [4.78, 5) is 0. The Morgan fingerprint density at radius 1 is 1.33 bits per heavy atom. The lowest BCUT2D eigenvalue weighted by Crippen LogP contribution is -1.96. The van der Waals surface area contributed by atoms with Gasteiger partial charge in [0.15, 0.2) is 0 Å². The summed E-state index contributed by atoms with van der Waals surface area (Å²) in [7, 11) is 1.66. The largest absolute Gasteiger partial charge is 0.497 e. The molecule has 0 unspecified atom stereocenters. The van der Waals surface area contributed by atoms with Gasteiger partial charge in [-0.25, -0.2) is 0 Å². The van der Waals surface area contributed by atoms with Gasteiger partial charge >= 0.3 is 0 Å². The number of rotatable bonds is 6. The second kappa shape index (κ2) is 7.04. The smallest absolute Gasteiger partial charge is 0.119 e. The van der Waals surface area contributed by atoms with Gasteiger partial charge in [0.2, 0.25) is 0 Å². The van der Waals surface area contributed by atoms with Gasteiger partial charge in [-0.1, -0.05) is 24.3 Å². The van der Waals surface area contributed by atoms with Gasteiger partial charge in [-0.3, -0.25) is 0 Å². The van der Waals surface area contributed by atoms with E-state index in [2.05, 4.69) is 0 Å². The van der Waals surface area contributed by atoms with Crippen LogP contribution >= 0.6 is 0 Å². The quantitative estimate of drug-likeness (QED) is 0.570. The van der Waals surface area contributed by atoms with Crippen LogP contribution in [0.5, 0.6) is 5.75 Å². The van der Waals surface area contributed by atoms with E-state index < -0.39 is 0 Å². The highest BCUT2D eigenvalue weighted by Gasteiger charge is 1.94. The molecule has 15 heavy (non-hydrogen) atoms. The zero-order chi connectivity index (χ0) is 10.9. The first-order valence-corrected chi connectivity index (χ1v) is 4.92. The summed E-state index contributed by atoms with van der Waals surface area (Å²) in [5, 5.41) is 0. The Labute approximate surface area is 90.5 Å². The Bertz CT molecular complexity index is 310. The first-order valence-electron chi connectivity index (χ1n) is 4.92. The Hall–Kier alpha value is -1.32. The zero-order valence-corrected chi connectivity index (χ0v) is 8.98. The van der Waals surface area contributed by atoms with E-state index in [1.165, 1.54) is 0 Å². The Morgan fingerprint density at radius 3 is 2.93 bits per heavy atom. The average Bonchev–Trinajstić information content (AvgIpc) is 2.29. The highest BCUT2D eigenvalue weighted by atomic mass is 16.5. The van der Waals surface area contributed by atoms with E-state index in [0.29, 0.717) is 19.8 Å². The molecule has 1 aromatic carbocycles. The maximum Gasteiger partial charge on any atom is 0.119 e. The second-order valence-corrected chi connectivity index (χ2v) is 3.07. The molecule has 1 rings (SSSR count). The standard InChI is InChI=1S/C12H17NO2/c1-14-12-6-4-5-11(9-12)10-15-8-3-2-7-13/h2-6,9H,7-8,10,13H2,1H3. The summed E-state index contributed by atoms with van der Waals surface area (Å²) in [6.07, 6.45) is 3.80. The van der Waals surface area contributed by atoms with E-state index in [9.17, 15) is 0 Å². The lowest BCUT2D eigenvalue weighted by molar-refractivity contribution is 0.148. The van der Waals surface area contributed by atoms with Crippen molar-refractivity contribution in [1.82, 2.24) is 0 Å². The molecule has 0 aliphatic carbocycles. The molecule has 3 heteroatoms. The van der Waals surface area contributed by atoms with Gasteiger partial charge in [0.1, 0.15) is 5.75 Å². The van der Waals surface area contributed by atoms with Crippen molar-refractivity contribution in [1.29, 1.82) is 0 Å². The lowest BCUT2D eigenvalue weighted by atomic mass is 10.2. The van der Waals surface area contributed by atoms with Crippen molar-refractivity contribution in [2.75, 3.05) is 20.3 Å². The molecule has 1 aromatic rings. The zero-order valence-electron chi connectivity index (χ0n) is 8.98. The van der Waals surface area contributed by atoms with E-state index >= 15 is 0 Å². The maximum atomic E-state index is 5.42. The highest BCUT2D eigenvalue weighted by molar-refractivity contribution is 5.27. The third-order valence-electron chi connectivity index (χ3n) is 1.92. The van der Waals surface area contributed by atoms with Crippen molar-refractivity contribution in [3.8, 4) is 5.75 Å². The fraction of sp³-hybridized carbons (Fsp3) is 0.333. The normalized spacial score (nSPS) is 10.8. The van der Waals surface area contributed by atoms with Crippen LogP contribution in [-0.2, 0) is 11.3 Å². The first-order chi connectivity index (χ1) is 7.36. The molecule has 0 amide bonds. The molecule has 0 spiro atoms. The summed E-state index contributed by atoms with van der Waals surface area (Å²) in [5.41, 5.74) is 6.41. The van der Waals surface area contributed by atoms with Crippen LogP contribution in [0.15, 0.2) is 36.4 Å². The van der Waals surface area contributed by atoms with Crippen molar-refractivity contribution in [2.45, 2.75) is 6.61 Å². The summed E-state index contributed by atoms with van der Waals surface area (Å²) in [6.45, 7) is 1.74. The molecular formula is C12H17NO2. The molecule has 2 N–H and O–H groups in total. The van der Waals surface area contributed by atoms with Crippen molar-refractivity contribution in [3.63, 3.8) is 0 Å². The minimum Gasteiger partial charge on any atom is -0.497 e. The predicted molar refractivity (Wildman–Crippen MR) is 60.8 cm³/mol. The molecule has 0 aliphatic heterocycles. The van der Waals surface area contributed by atoms with Crippen LogP contribution in [0.4, 0.5) is 0 Å². The van der Waals surface area contributed by atoms with E-state index in [4.69, 9.17) is 15.2 Å². The lowest BCUT2D eigenvalue weighted by Gasteiger charge is -2.04. The number of nitrogens with two attached hydrogens (primary N) is 1. The SMILES string of the molecule is COc1cccc(COCC=CCN)c1. The van der Waals surface area contributed by atoms with Gasteiger partial charge < -0.3 is 15.2 Å². The molecule has 0 radical (unpaired) electrons. The van der Waals surface area contributed by atoms with Crippen LogP contribution in [0.25, 0.3) is 0 Å². The molecule has 0 aromatic heterocycles. The number of ether oxygens (including phenoxy) is 2. The fourth-order valence-electron chi connectivity index (χ4n) is 1.17. The van der Waals surface area contributed by atoms with Gasteiger partial charge in [0.25, 0.3) is 0 Å². The molecule has 3 nitrogen and oxygen atoms in total. The van der Waals surface area contributed by atoms with Crippen LogP contribution in [0.3, 0.4) is 0 Å². The van der Waals surface area contributed by atoms with Crippen molar-refractivity contribution >= 4 is 0 Å². The third-order valence-corrected chi connectivity index (χ3v) is 1.92. The molecule has 0 saturated heterocycles. The monoisotopic (exact) mass is 207 g/mol. The fourth-order valence-corrected chi connectivity index (χ4v) is 1.17. The minimum atomic E-state index is 0.558. The topological polar surface area (TPSA) is 44.5 Å². The number of methoxy groups -OCH3 is 1. The highest BCUT2D eigenvalue weighted by Crippen LogP contribution is 2.12. The molecule has 0 heterocycles. The predicted octanol–water partition coefficient (Wildman–Crippen LogP) is 1.73.